The highest BCUT2D eigenvalue weighted by Crippen LogP contribution is 2.26. The van der Waals surface area contributed by atoms with E-state index < -0.39 is 5.82 Å². The molecule has 0 aliphatic rings. The Morgan fingerprint density at radius 3 is 2.50 bits per heavy atom. The van der Waals surface area contributed by atoms with Crippen molar-refractivity contribution in [3.05, 3.63) is 45.3 Å². The number of nitrogens with zero attached hydrogens (tertiary/aromatic N) is 2. The molecule has 2 aromatic rings. The summed E-state index contributed by atoms with van der Waals surface area (Å²) < 4.78 is 13.0. The van der Waals surface area contributed by atoms with Gasteiger partial charge in [-0.2, -0.15) is 0 Å². The molecule has 0 atom stereocenters. The standard InChI is InChI=1S/C12H10Cl2FN3/c1-6-7(2)12(18-17-11(6)14)16-8-3-4-10(15)9(13)5-8/h3-5H,1-2H3,(H,16,18). The van der Waals surface area contributed by atoms with Gasteiger partial charge in [-0.25, -0.2) is 4.39 Å². The second kappa shape index (κ2) is 5.08. The van der Waals surface area contributed by atoms with Crippen molar-refractivity contribution in [2.75, 3.05) is 5.32 Å². The Hall–Kier alpha value is -1.39. The van der Waals surface area contributed by atoms with E-state index in [1.165, 1.54) is 12.1 Å². The second-order valence-corrected chi connectivity index (χ2v) is 4.61. The van der Waals surface area contributed by atoms with Crippen molar-refractivity contribution < 1.29 is 4.39 Å². The highest BCUT2D eigenvalue weighted by Gasteiger charge is 2.09. The lowest BCUT2D eigenvalue weighted by Gasteiger charge is -2.10. The van der Waals surface area contributed by atoms with Crippen LogP contribution in [0, 0.1) is 19.7 Å². The van der Waals surface area contributed by atoms with Crippen LogP contribution in [-0.2, 0) is 0 Å². The van der Waals surface area contributed by atoms with Gasteiger partial charge in [-0.1, -0.05) is 23.2 Å². The van der Waals surface area contributed by atoms with Crippen LogP contribution in [0.25, 0.3) is 0 Å². The van der Waals surface area contributed by atoms with Crippen LogP contribution in [0.2, 0.25) is 10.2 Å². The first-order valence-electron chi connectivity index (χ1n) is 5.20. The number of hydrogen-bond donors (Lipinski definition) is 1. The summed E-state index contributed by atoms with van der Waals surface area (Å²) in [6.07, 6.45) is 0. The first-order chi connectivity index (χ1) is 8.49. The molecule has 0 saturated carbocycles. The van der Waals surface area contributed by atoms with Crippen LogP contribution in [0.15, 0.2) is 18.2 Å². The molecule has 0 unspecified atom stereocenters. The Labute approximate surface area is 114 Å². The van der Waals surface area contributed by atoms with Crippen LogP contribution in [0.4, 0.5) is 15.9 Å². The van der Waals surface area contributed by atoms with E-state index in [4.69, 9.17) is 23.2 Å². The first-order valence-corrected chi connectivity index (χ1v) is 5.96. The van der Waals surface area contributed by atoms with E-state index in [0.717, 1.165) is 11.1 Å². The quantitative estimate of drug-likeness (QED) is 0.895. The summed E-state index contributed by atoms with van der Waals surface area (Å²) in [5.74, 6) is 0.108. The van der Waals surface area contributed by atoms with Crippen molar-refractivity contribution in [2.45, 2.75) is 13.8 Å². The van der Waals surface area contributed by atoms with Crippen molar-refractivity contribution in [1.82, 2.24) is 10.2 Å². The number of rotatable bonds is 2. The number of benzene rings is 1. The van der Waals surface area contributed by atoms with E-state index in [0.29, 0.717) is 16.7 Å². The number of anilines is 2. The highest BCUT2D eigenvalue weighted by molar-refractivity contribution is 6.31. The molecule has 2 rings (SSSR count). The minimum atomic E-state index is -0.461. The van der Waals surface area contributed by atoms with Gasteiger partial charge in [-0.3, -0.25) is 0 Å². The summed E-state index contributed by atoms with van der Waals surface area (Å²) in [6, 6.07) is 4.35. The van der Waals surface area contributed by atoms with E-state index in [1.54, 1.807) is 6.07 Å². The molecule has 0 radical (unpaired) electrons. The molecule has 1 aromatic carbocycles. The van der Waals surface area contributed by atoms with Crippen LogP contribution in [0.3, 0.4) is 0 Å². The van der Waals surface area contributed by atoms with E-state index in [1.807, 2.05) is 13.8 Å². The summed E-state index contributed by atoms with van der Waals surface area (Å²) in [5.41, 5.74) is 2.37. The van der Waals surface area contributed by atoms with Gasteiger partial charge in [0, 0.05) is 5.69 Å². The van der Waals surface area contributed by atoms with E-state index >= 15 is 0 Å². The van der Waals surface area contributed by atoms with Crippen molar-refractivity contribution in [1.29, 1.82) is 0 Å². The molecule has 0 amide bonds. The van der Waals surface area contributed by atoms with Gasteiger partial charge in [-0.15, -0.1) is 10.2 Å². The number of hydrogen-bond acceptors (Lipinski definition) is 3. The fourth-order valence-corrected chi connectivity index (χ4v) is 1.77. The maximum absolute atomic E-state index is 13.0. The summed E-state index contributed by atoms with van der Waals surface area (Å²) in [5, 5.41) is 11.2. The Balaban J connectivity index is 2.34. The lowest BCUT2D eigenvalue weighted by atomic mass is 10.2. The summed E-state index contributed by atoms with van der Waals surface area (Å²) >= 11 is 11.6. The largest absolute Gasteiger partial charge is 0.338 e. The molecule has 18 heavy (non-hydrogen) atoms. The number of aromatic nitrogens is 2. The maximum Gasteiger partial charge on any atom is 0.156 e. The first kappa shape index (κ1) is 13.1. The van der Waals surface area contributed by atoms with E-state index in [2.05, 4.69) is 15.5 Å². The van der Waals surface area contributed by atoms with Crippen LogP contribution in [0.5, 0.6) is 0 Å². The average molecular weight is 286 g/mol. The van der Waals surface area contributed by atoms with Crippen molar-refractivity contribution >= 4 is 34.7 Å². The fraction of sp³-hybridized carbons (Fsp3) is 0.167. The molecule has 1 N–H and O–H groups in total. The third kappa shape index (κ3) is 2.54. The van der Waals surface area contributed by atoms with Crippen LogP contribution < -0.4 is 5.32 Å². The summed E-state index contributed by atoms with van der Waals surface area (Å²) in [4.78, 5) is 0. The third-order valence-corrected chi connectivity index (χ3v) is 3.30. The molecule has 94 valence electrons. The molecule has 6 heteroatoms. The molecule has 0 aliphatic heterocycles. The molecule has 0 saturated heterocycles. The fourth-order valence-electron chi connectivity index (χ4n) is 1.41. The van der Waals surface area contributed by atoms with Gasteiger partial charge >= 0.3 is 0 Å². The van der Waals surface area contributed by atoms with Crippen molar-refractivity contribution in [3.63, 3.8) is 0 Å². The molecule has 3 nitrogen and oxygen atoms in total. The highest BCUT2D eigenvalue weighted by atomic mass is 35.5. The average Bonchev–Trinajstić information content (AvgIpc) is 2.34. The van der Waals surface area contributed by atoms with Crippen LogP contribution >= 0.6 is 23.2 Å². The zero-order chi connectivity index (χ0) is 13.3. The number of halogens is 3. The van der Waals surface area contributed by atoms with Gasteiger partial charge < -0.3 is 5.32 Å². The Morgan fingerprint density at radius 1 is 1.11 bits per heavy atom. The zero-order valence-electron chi connectivity index (χ0n) is 9.76. The monoisotopic (exact) mass is 285 g/mol. The smallest absolute Gasteiger partial charge is 0.156 e. The zero-order valence-corrected chi connectivity index (χ0v) is 11.3. The molecule has 0 spiro atoms. The van der Waals surface area contributed by atoms with Crippen molar-refractivity contribution in [3.8, 4) is 0 Å². The molecule has 0 fully saturated rings. The molecule has 0 bridgehead atoms. The topological polar surface area (TPSA) is 37.8 Å². The van der Waals surface area contributed by atoms with Gasteiger partial charge in [0.15, 0.2) is 11.0 Å². The SMILES string of the molecule is Cc1c(Cl)nnc(Nc2ccc(F)c(Cl)c2)c1C. The normalized spacial score (nSPS) is 10.5. The van der Waals surface area contributed by atoms with Crippen molar-refractivity contribution in [2.24, 2.45) is 0 Å². The molecule has 1 heterocycles. The Morgan fingerprint density at radius 2 is 1.83 bits per heavy atom. The van der Waals surface area contributed by atoms with Gasteiger partial charge in [0.25, 0.3) is 0 Å². The van der Waals surface area contributed by atoms with Crippen LogP contribution in [0.1, 0.15) is 11.1 Å². The second-order valence-electron chi connectivity index (χ2n) is 3.84. The number of nitrogens with one attached hydrogen (secondary N) is 1. The Bertz CT molecular complexity index is 602. The molecule has 0 aliphatic carbocycles. The van der Waals surface area contributed by atoms with E-state index in [-0.39, 0.29) is 5.02 Å². The predicted octanol–water partition coefficient (Wildman–Crippen LogP) is 4.28. The van der Waals surface area contributed by atoms with Gasteiger partial charge in [0.1, 0.15) is 5.82 Å². The third-order valence-electron chi connectivity index (χ3n) is 2.65. The minimum Gasteiger partial charge on any atom is -0.338 e. The van der Waals surface area contributed by atoms with Crippen LogP contribution in [-0.4, -0.2) is 10.2 Å². The van der Waals surface area contributed by atoms with Gasteiger partial charge in [0.2, 0.25) is 0 Å². The Kier molecular flexibility index (Phi) is 3.68. The van der Waals surface area contributed by atoms with Gasteiger partial charge in [-0.05, 0) is 43.2 Å². The molecular weight excluding hydrogens is 276 g/mol. The van der Waals surface area contributed by atoms with Gasteiger partial charge in [0.05, 0.1) is 5.02 Å². The minimum absolute atomic E-state index is 0.0521. The lowest BCUT2D eigenvalue weighted by molar-refractivity contribution is 0.628. The maximum atomic E-state index is 13.0. The predicted molar refractivity (Wildman–Crippen MR) is 71.2 cm³/mol. The molecular formula is C12H10Cl2FN3. The molecule has 1 aromatic heterocycles. The summed E-state index contributed by atoms with van der Waals surface area (Å²) in [7, 11) is 0. The van der Waals surface area contributed by atoms with E-state index in [9.17, 15) is 4.39 Å². The lowest BCUT2D eigenvalue weighted by Crippen LogP contribution is -2.01. The summed E-state index contributed by atoms with van der Waals surface area (Å²) in [6.45, 7) is 3.73.